The third-order valence-electron chi connectivity index (χ3n) is 4.67. The molecule has 1 amide bonds. The molecule has 1 aliphatic rings. The summed E-state index contributed by atoms with van der Waals surface area (Å²) in [5.41, 5.74) is 0.983. The fourth-order valence-corrected chi connectivity index (χ4v) is 3.28. The second kappa shape index (κ2) is 8.04. The first-order valence-corrected chi connectivity index (χ1v) is 8.74. The number of carbonyl (C=O) groups excluding carboxylic acids is 3. The average Bonchev–Trinajstić information content (AvgIpc) is 3.16. The van der Waals surface area contributed by atoms with Gasteiger partial charge in [-0.3, -0.25) is 14.4 Å². The third-order valence-corrected chi connectivity index (χ3v) is 4.67. The molecule has 0 spiro atoms. The molecule has 26 heavy (non-hydrogen) atoms. The zero-order valence-corrected chi connectivity index (χ0v) is 14.4. The Kier molecular flexibility index (Phi) is 5.56. The number of amides is 1. The summed E-state index contributed by atoms with van der Waals surface area (Å²) in [4.78, 5) is 38.9. The van der Waals surface area contributed by atoms with E-state index in [4.69, 9.17) is 0 Å². The van der Waals surface area contributed by atoms with Crippen molar-refractivity contribution >= 4 is 17.5 Å². The van der Waals surface area contributed by atoms with Crippen LogP contribution in [-0.2, 0) is 4.79 Å². The Morgan fingerprint density at radius 2 is 1.62 bits per heavy atom. The lowest BCUT2D eigenvalue weighted by Crippen LogP contribution is -2.40. The Hall–Kier alpha value is -2.82. The van der Waals surface area contributed by atoms with E-state index in [1.807, 2.05) is 6.07 Å². The highest BCUT2D eigenvalue weighted by molar-refractivity contribution is 6.03. The fourth-order valence-electron chi connectivity index (χ4n) is 3.28. The molecule has 3 rings (SSSR count). The van der Waals surface area contributed by atoms with Crippen LogP contribution in [0.15, 0.2) is 54.6 Å². The molecule has 2 aromatic carbocycles. The minimum Gasteiger partial charge on any atom is -0.332 e. The zero-order valence-electron chi connectivity index (χ0n) is 14.4. The van der Waals surface area contributed by atoms with Crippen LogP contribution in [0.4, 0.5) is 4.39 Å². The number of rotatable bonds is 6. The first kappa shape index (κ1) is 18.0. The van der Waals surface area contributed by atoms with Gasteiger partial charge in [0.15, 0.2) is 11.6 Å². The number of carbonyl (C=O) groups is 3. The lowest BCUT2D eigenvalue weighted by atomic mass is 10.0. The van der Waals surface area contributed by atoms with Crippen LogP contribution in [0.25, 0.3) is 0 Å². The van der Waals surface area contributed by atoms with E-state index in [-0.39, 0.29) is 30.3 Å². The van der Waals surface area contributed by atoms with Gasteiger partial charge in [-0.2, -0.15) is 0 Å². The topological polar surface area (TPSA) is 54.5 Å². The Bertz CT molecular complexity index is 802. The van der Waals surface area contributed by atoms with E-state index in [0.717, 1.165) is 6.42 Å². The van der Waals surface area contributed by atoms with E-state index >= 15 is 0 Å². The second-order valence-corrected chi connectivity index (χ2v) is 6.41. The maximum atomic E-state index is 12.9. The van der Waals surface area contributed by atoms with Crippen molar-refractivity contribution in [2.24, 2.45) is 0 Å². The number of benzene rings is 2. The zero-order chi connectivity index (χ0) is 18.5. The Morgan fingerprint density at radius 1 is 0.923 bits per heavy atom. The van der Waals surface area contributed by atoms with Crippen LogP contribution in [-0.4, -0.2) is 35.0 Å². The lowest BCUT2D eigenvalue weighted by Gasteiger charge is -2.23. The first-order valence-electron chi connectivity index (χ1n) is 8.74. The van der Waals surface area contributed by atoms with Gasteiger partial charge in [-0.15, -0.1) is 0 Å². The highest BCUT2D eigenvalue weighted by Crippen LogP contribution is 2.23. The number of nitrogens with zero attached hydrogens (tertiary/aromatic N) is 1. The molecular weight excluding hydrogens is 333 g/mol. The maximum Gasteiger partial charge on any atom is 0.223 e. The lowest BCUT2D eigenvalue weighted by molar-refractivity contribution is -0.131. The van der Waals surface area contributed by atoms with Crippen molar-refractivity contribution in [1.29, 1.82) is 0 Å². The normalized spacial score (nSPS) is 16.5. The molecule has 134 valence electrons. The molecule has 0 saturated carbocycles. The number of hydrogen-bond acceptors (Lipinski definition) is 3. The van der Waals surface area contributed by atoms with E-state index in [2.05, 4.69) is 0 Å². The van der Waals surface area contributed by atoms with Crippen molar-refractivity contribution in [1.82, 2.24) is 4.90 Å². The smallest absolute Gasteiger partial charge is 0.223 e. The minimum absolute atomic E-state index is 0.0488. The second-order valence-electron chi connectivity index (χ2n) is 6.41. The van der Waals surface area contributed by atoms with E-state index in [1.54, 1.807) is 29.2 Å². The Balaban J connectivity index is 1.60. The molecular formula is C21H20FNO3. The summed E-state index contributed by atoms with van der Waals surface area (Å²) >= 11 is 0. The van der Waals surface area contributed by atoms with Gasteiger partial charge in [-0.05, 0) is 37.1 Å². The van der Waals surface area contributed by atoms with Crippen LogP contribution < -0.4 is 0 Å². The molecule has 5 heteroatoms. The van der Waals surface area contributed by atoms with E-state index < -0.39 is 11.9 Å². The van der Waals surface area contributed by atoms with Crippen molar-refractivity contribution in [2.75, 3.05) is 6.54 Å². The van der Waals surface area contributed by atoms with Crippen molar-refractivity contribution in [3.05, 3.63) is 71.5 Å². The molecule has 0 bridgehead atoms. The van der Waals surface area contributed by atoms with Gasteiger partial charge in [-0.25, -0.2) is 4.39 Å². The van der Waals surface area contributed by atoms with Gasteiger partial charge >= 0.3 is 0 Å². The van der Waals surface area contributed by atoms with Crippen LogP contribution in [0.2, 0.25) is 0 Å². The van der Waals surface area contributed by atoms with Gasteiger partial charge in [0, 0.05) is 30.5 Å². The highest BCUT2D eigenvalue weighted by Gasteiger charge is 2.34. The van der Waals surface area contributed by atoms with Crippen LogP contribution in [0, 0.1) is 5.82 Å². The molecule has 1 aliphatic heterocycles. The Morgan fingerprint density at radius 3 is 2.31 bits per heavy atom. The summed E-state index contributed by atoms with van der Waals surface area (Å²) in [7, 11) is 0. The molecule has 1 atom stereocenters. The third kappa shape index (κ3) is 4.04. The van der Waals surface area contributed by atoms with Crippen LogP contribution >= 0.6 is 0 Å². The van der Waals surface area contributed by atoms with Gasteiger partial charge in [0.05, 0.1) is 6.04 Å². The van der Waals surface area contributed by atoms with Crippen molar-refractivity contribution in [2.45, 2.75) is 31.7 Å². The summed E-state index contributed by atoms with van der Waals surface area (Å²) in [5.74, 6) is -0.853. The number of likely N-dealkylation sites (tertiary alicyclic amines) is 1. The monoisotopic (exact) mass is 353 g/mol. The van der Waals surface area contributed by atoms with Crippen molar-refractivity contribution < 1.29 is 18.8 Å². The molecule has 1 unspecified atom stereocenters. The molecule has 1 saturated heterocycles. The summed E-state index contributed by atoms with van der Waals surface area (Å²) in [6, 6.07) is 13.8. The van der Waals surface area contributed by atoms with E-state index in [9.17, 15) is 18.8 Å². The van der Waals surface area contributed by atoms with E-state index in [1.165, 1.54) is 24.3 Å². The fraction of sp³-hybridized carbons (Fsp3) is 0.286. The number of Topliss-reactive ketones (excluding diaryl/α,β-unsaturated/α-hetero) is 2. The predicted molar refractivity (Wildman–Crippen MR) is 95.5 cm³/mol. The largest absolute Gasteiger partial charge is 0.332 e. The molecule has 0 aromatic heterocycles. The van der Waals surface area contributed by atoms with E-state index in [0.29, 0.717) is 24.1 Å². The SMILES string of the molecule is O=C(CCC(=O)N1CCCC1C(=O)c1ccccc1)c1ccc(F)cc1. The molecule has 1 fully saturated rings. The average molecular weight is 353 g/mol. The Labute approximate surface area is 151 Å². The van der Waals surface area contributed by atoms with Crippen LogP contribution in [0.3, 0.4) is 0 Å². The molecule has 0 radical (unpaired) electrons. The standard InChI is InChI=1S/C21H20FNO3/c22-17-10-8-15(9-11-17)19(24)12-13-20(25)23-14-4-7-18(23)21(26)16-5-2-1-3-6-16/h1-3,5-6,8-11,18H,4,7,12-14H2. The molecule has 4 nitrogen and oxygen atoms in total. The summed E-state index contributed by atoms with van der Waals surface area (Å²) in [6.07, 6.45) is 1.52. The van der Waals surface area contributed by atoms with Gasteiger partial charge in [0.1, 0.15) is 5.82 Å². The number of ketones is 2. The van der Waals surface area contributed by atoms with Gasteiger partial charge in [0.25, 0.3) is 0 Å². The van der Waals surface area contributed by atoms with Crippen LogP contribution in [0.1, 0.15) is 46.4 Å². The maximum absolute atomic E-state index is 12.9. The summed E-state index contributed by atoms with van der Waals surface area (Å²) < 4.78 is 12.9. The summed E-state index contributed by atoms with van der Waals surface area (Å²) in [5, 5.41) is 0. The number of halogens is 1. The predicted octanol–water partition coefficient (Wildman–Crippen LogP) is 3.66. The van der Waals surface area contributed by atoms with Crippen molar-refractivity contribution in [3.63, 3.8) is 0 Å². The quantitative estimate of drug-likeness (QED) is 0.745. The van der Waals surface area contributed by atoms with Gasteiger partial charge < -0.3 is 4.90 Å². The van der Waals surface area contributed by atoms with Crippen LogP contribution in [0.5, 0.6) is 0 Å². The molecule has 0 aliphatic carbocycles. The number of hydrogen-bond donors (Lipinski definition) is 0. The molecule has 1 heterocycles. The van der Waals surface area contributed by atoms with Crippen molar-refractivity contribution in [3.8, 4) is 0 Å². The molecule has 0 N–H and O–H groups in total. The minimum atomic E-state index is -0.453. The first-order chi connectivity index (χ1) is 12.6. The van der Waals surface area contributed by atoms with Gasteiger partial charge in [0.2, 0.25) is 5.91 Å². The highest BCUT2D eigenvalue weighted by atomic mass is 19.1. The molecule has 2 aromatic rings. The summed E-state index contributed by atoms with van der Waals surface area (Å²) in [6.45, 7) is 0.535. The van der Waals surface area contributed by atoms with Gasteiger partial charge in [-0.1, -0.05) is 30.3 Å².